The third kappa shape index (κ3) is 4.12. The minimum atomic E-state index is -0.122. The molecule has 128 valence electrons. The highest BCUT2D eigenvalue weighted by Gasteiger charge is 2.32. The second-order valence-corrected chi connectivity index (χ2v) is 6.86. The molecule has 2 aromatic rings. The quantitative estimate of drug-likeness (QED) is 0.811. The summed E-state index contributed by atoms with van der Waals surface area (Å²) in [5.41, 5.74) is 2.75. The molecule has 25 heavy (non-hydrogen) atoms. The lowest BCUT2D eigenvalue weighted by molar-refractivity contribution is -0.128. The van der Waals surface area contributed by atoms with E-state index in [2.05, 4.69) is 11.9 Å². The number of amides is 2. The van der Waals surface area contributed by atoms with Crippen LogP contribution in [0.3, 0.4) is 0 Å². The maximum atomic E-state index is 12.3. The third-order valence-electron chi connectivity index (χ3n) is 4.03. The summed E-state index contributed by atoms with van der Waals surface area (Å²) in [6.07, 6.45) is 1.65. The minimum absolute atomic E-state index is 0.0157. The summed E-state index contributed by atoms with van der Waals surface area (Å²) in [6, 6.07) is 17.4. The van der Waals surface area contributed by atoms with Gasteiger partial charge in [0.1, 0.15) is 5.37 Å². The predicted molar refractivity (Wildman–Crippen MR) is 101 cm³/mol. The van der Waals surface area contributed by atoms with Crippen molar-refractivity contribution < 1.29 is 9.59 Å². The summed E-state index contributed by atoms with van der Waals surface area (Å²) in [7, 11) is 0. The fourth-order valence-electron chi connectivity index (χ4n) is 2.75. The van der Waals surface area contributed by atoms with E-state index in [1.54, 1.807) is 30.0 Å². The number of benzene rings is 2. The first-order valence-corrected chi connectivity index (χ1v) is 9.18. The van der Waals surface area contributed by atoms with Crippen LogP contribution in [0.15, 0.2) is 67.3 Å². The van der Waals surface area contributed by atoms with Crippen LogP contribution < -0.4 is 5.32 Å². The highest BCUT2D eigenvalue weighted by atomic mass is 32.2. The second-order valence-electron chi connectivity index (χ2n) is 5.79. The molecule has 1 heterocycles. The number of nitrogens with zero attached hydrogens (tertiary/aromatic N) is 1. The van der Waals surface area contributed by atoms with Gasteiger partial charge < -0.3 is 10.2 Å². The molecule has 1 aliphatic heterocycles. The molecule has 3 rings (SSSR count). The van der Waals surface area contributed by atoms with Crippen LogP contribution in [-0.2, 0) is 11.3 Å². The first-order valence-electron chi connectivity index (χ1n) is 8.13. The standard InChI is InChI=1S/C20H20N2O2S/c1-2-12-21-19(24)16-8-10-17(11-9-16)20-22(18(23)14-25-20)13-15-6-4-3-5-7-15/h2-11,20H,1,12-14H2,(H,21,24)/t20-/m0/s1. The lowest BCUT2D eigenvalue weighted by atomic mass is 10.1. The molecule has 1 atom stereocenters. The van der Waals surface area contributed by atoms with Crippen molar-refractivity contribution in [1.29, 1.82) is 0 Å². The SMILES string of the molecule is C=CCNC(=O)c1ccc([C@@H]2SCC(=O)N2Cc2ccccc2)cc1. The molecule has 0 unspecified atom stereocenters. The van der Waals surface area contributed by atoms with Crippen LogP contribution in [0.4, 0.5) is 0 Å². The smallest absolute Gasteiger partial charge is 0.251 e. The minimum Gasteiger partial charge on any atom is -0.349 e. The van der Waals surface area contributed by atoms with Crippen molar-refractivity contribution in [1.82, 2.24) is 10.2 Å². The Labute approximate surface area is 151 Å². The van der Waals surface area contributed by atoms with E-state index in [0.717, 1.165) is 11.1 Å². The molecule has 0 aliphatic carbocycles. The van der Waals surface area contributed by atoms with E-state index < -0.39 is 0 Å². The lowest BCUT2D eigenvalue weighted by Gasteiger charge is -2.24. The first-order chi connectivity index (χ1) is 12.2. The molecular formula is C20H20N2O2S. The van der Waals surface area contributed by atoms with Gasteiger partial charge in [-0.25, -0.2) is 0 Å². The number of carbonyl (C=O) groups excluding carboxylic acids is 2. The van der Waals surface area contributed by atoms with Crippen molar-refractivity contribution >= 4 is 23.6 Å². The van der Waals surface area contributed by atoms with Crippen LogP contribution in [0.5, 0.6) is 0 Å². The average Bonchev–Trinajstić information content (AvgIpc) is 3.01. The largest absolute Gasteiger partial charge is 0.349 e. The van der Waals surface area contributed by atoms with Crippen molar-refractivity contribution in [3.63, 3.8) is 0 Å². The van der Waals surface area contributed by atoms with Crippen molar-refractivity contribution in [2.24, 2.45) is 0 Å². The number of carbonyl (C=O) groups is 2. The van der Waals surface area contributed by atoms with Crippen molar-refractivity contribution in [2.45, 2.75) is 11.9 Å². The Morgan fingerprint density at radius 3 is 2.60 bits per heavy atom. The molecule has 5 heteroatoms. The Hall–Kier alpha value is -2.53. The highest BCUT2D eigenvalue weighted by molar-refractivity contribution is 8.00. The van der Waals surface area contributed by atoms with Gasteiger partial charge in [-0.2, -0.15) is 0 Å². The van der Waals surface area contributed by atoms with Crippen LogP contribution in [0.1, 0.15) is 26.9 Å². The number of hydrogen-bond acceptors (Lipinski definition) is 3. The molecular weight excluding hydrogens is 332 g/mol. The summed E-state index contributed by atoms with van der Waals surface area (Å²) < 4.78 is 0. The fourth-order valence-corrected chi connectivity index (χ4v) is 3.94. The molecule has 1 N–H and O–H groups in total. The van der Waals surface area contributed by atoms with Gasteiger partial charge in [0, 0.05) is 18.7 Å². The van der Waals surface area contributed by atoms with E-state index in [1.165, 1.54) is 0 Å². The zero-order chi connectivity index (χ0) is 17.6. The fraction of sp³-hybridized carbons (Fsp3) is 0.200. The molecule has 1 aliphatic rings. The molecule has 1 saturated heterocycles. The van der Waals surface area contributed by atoms with Crippen molar-refractivity contribution in [3.05, 3.63) is 83.9 Å². The van der Waals surface area contributed by atoms with Gasteiger partial charge in [-0.05, 0) is 23.3 Å². The Morgan fingerprint density at radius 1 is 1.20 bits per heavy atom. The van der Waals surface area contributed by atoms with Crippen LogP contribution in [-0.4, -0.2) is 29.0 Å². The predicted octanol–water partition coefficient (Wildman–Crippen LogP) is 3.38. The van der Waals surface area contributed by atoms with Crippen LogP contribution in [0.25, 0.3) is 0 Å². The van der Waals surface area contributed by atoms with Gasteiger partial charge in [-0.15, -0.1) is 18.3 Å². The number of rotatable bonds is 6. The molecule has 2 amide bonds. The summed E-state index contributed by atoms with van der Waals surface area (Å²) in [4.78, 5) is 26.1. The van der Waals surface area contributed by atoms with E-state index in [9.17, 15) is 9.59 Å². The monoisotopic (exact) mass is 352 g/mol. The van der Waals surface area contributed by atoms with Crippen LogP contribution in [0, 0.1) is 0 Å². The van der Waals surface area contributed by atoms with E-state index in [0.29, 0.717) is 24.4 Å². The summed E-state index contributed by atoms with van der Waals surface area (Å²) in [6.45, 7) is 4.63. The number of nitrogens with one attached hydrogen (secondary N) is 1. The summed E-state index contributed by atoms with van der Waals surface area (Å²) in [5, 5.41) is 2.74. The van der Waals surface area contributed by atoms with Crippen LogP contribution in [0.2, 0.25) is 0 Å². The topological polar surface area (TPSA) is 49.4 Å². The van der Waals surface area contributed by atoms with Gasteiger partial charge in [0.2, 0.25) is 5.91 Å². The van der Waals surface area contributed by atoms with Crippen LogP contribution >= 0.6 is 11.8 Å². The van der Waals surface area contributed by atoms with E-state index in [1.807, 2.05) is 47.4 Å². The summed E-state index contributed by atoms with van der Waals surface area (Å²) >= 11 is 1.62. The average molecular weight is 352 g/mol. The Morgan fingerprint density at radius 2 is 1.92 bits per heavy atom. The van der Waals surface area contributed by atoms with Crippen molar-refractivity contribution in [2.75, 3.05) is 12.3 Å². The van der Waals surface area contributed by atoms with E-state index >= 15 is 0 Å². The molecule has 0 saturated carbocycles. The molecule has 0 aromatic heterocycles. The van der Waals surface area contributed by atoms with Gasteiger partial charge in [0.15, 0.2) is 0 Å². The zero-order valence-corrected chi connectivity index (χ0v) is 14.7. The molecule has 1 fully saturated rings. The molecule has 0 radical (unpaired) electrons. The van der Waals surface area contributed by atoms with Gasteiger partial charge >= 0.3 is 0 Å². The lowest BCUT2D eigenvalue weighted by Crippen LogP contribution is -2.27. The molecule has 4 nitrogen and oxygen atoms in total. The normalized spacial score (nSPS) is 16.7. The molecule has 0 bridgehead atoms. The highest BCUT2D eigenvalue weighted by Crippen LogP contribution is 2.39. The maximum Gasteiger partial charge on any atom is 0.251 e. The maximum absolute atomic E-state index is 12.3. The van der Waals surface area contributed by atoms with Gasteiger partial charge in [0.05, 0.1) is 5.75 Å². The van der Waals surface area contributed by atoms with Crippen molar-refractivity contribution in [3.8, 4) is 0 Å². The van der Waals surface area contributed by atoms with E-state index in [4.69, 9.17) is 0 Å². The first kappa shape index (κ1) is 17.3. The van der Waals surface area contributed by atoms with Gasteiger partial charge in [-0.1, -0.05) is 48.5 Å². The third-order valence-corrected chi connectivity index (χ3v) is 5.28. The molecule has 0 spiro atoms. The number of hydrogen-bond donors (Lipinski definition) is 1. The Kier molecular flexibility index (Phi) is 5.56. The Bertz CT molecular complexity index is 759. The zero-order valence-electron chi connectivity index (χ0n) is 13.9. The van der Waals surface area contributed by atoms with Gasteiger partial charge in [0.25, 0.3) is 5.91 Å². The van der Waals surface area contributed by atoms with Gasteiger partial charge in [-0.3, -0.25) is 9.59 Å². The van der Waals surface area contributed by atoms with E-state index in [-0.39, 0.29) is 17.2 Å². The summed E-state index contributed by atoms with van der Waals surface area (Å²) in [5.74, 6) is 0.508. The second kappa shape index (κ2) is 8.03. The number of thioether (sulfide) groups is 1. The Balaban J connectivity index is 1.74. The molecule has 2 aromatic carbocycles.